The van der Waals surface area contributed by atoms with Gasteiger partial charge in [0.15, 0.2) is 6.10 Å². The van der Waals surface area contributed by atoms with Gasteiger partial charge in [-0.15, -0.1) is 0 Å². The average Bonchev–Trinajstić information content (AvgIpc) is 2.85. The minimum absolute atomic E-state index is 0.115. The number of aliphatic hydroxyl groups is 4. The molecule has 8 atom stereocenters. The summed E-state index contributed by atoms with van der Waals surface area (Å²) in [5.74, 6) is -2.40. The van der Waals surface area contributed by atoms with Gasteiger partial charge in [0.25, 0.3) is 0 Å². The van der Waals surface area contributed by atoms with Gasteiger partial charge >= 0.3 is 11.9 Å². The summed E-state index contributed by atoms with van der Waals surface area (Å²) >= 11 is 0. The maximum Gasteiger partial charge on any atom is 0.342 e. The SMILES string of the molecule is CC1CC(O)C2(O)C13CC(OC(=O)C3O)C1(O)C(=O)OCC12C. The Kier molecular flexibility index (Phi) is 2.58. The van der Waals surface area contributed by atoms with Crippen molar-refractivity contribution in [2.24, 2.45) is 16.7 Å². The van der Waals surface area contributed by atoms with E-state index in [2.05, 4.69) is 0 Å². The molecule has 2 bridgehead atoms. The summed E-state index contributed by atoms with van der Waals surface area (Å²) in [5.41, 5.74) is -7.32. The van der Waals surface area contributed by atoms with Crippen LogP contribution in [0.3, 0.4) is 0 Å². The van der Waals surface area contributed by atoms with Gasteiger partial charge in [0.05, 0.1) is 11.5 Å². The van der Waals surface area contributed by atoms with Gasteiger partial charge in [-0.05, 0) is 25.7 Å². The second-order valence-corrected chi connectivity index (χ2v) is 7.67. The van der Waals surface area contributed by atoms with E-state index in [1.54, 1.807) is 6.92 Å². The summed E-state index contributed by atoms with van der Waals surface area (Å²) in [6.07, 6.45) is -4.17. The Hall–Kier alpha value is -1.22. The Morgan fingerprint density at radius 3 is 2.52 bits per heavy atom. The Balaban J connectivity index is 2.04. The van der Waals surface area contributed by atoms with Crippen LogP contribution in [0.15, 0.2) is 0 Å². The van der Waals surface area contributed by atoms with Crippen molar-refractivity contribution >= 4 is 11.9 Å². The lowest BCUT2D eigenvalue weighted by atomic mass is 9.44. The normalized spacial score (nSPS) is 60.8. The van der Waals surface area contributed by atoms with Gasteiger partial charge < -0.3 is 29.9 Å². The van der Waals surface area contributed by atoms with E-state index >= 15 is 0 Å². The monoisotopic (exact) mass is 328 g/mol. The zero-order chi connectivity index (χ0) is 17.0. The number of aliphatic hydroxyl groups excluding tert-OH is 2. The Bertz CT molecular complexity index is 621. The van der Waals surface area contributed by atoms with Gasteiger partial charge in [-0.25, -0.2) is 9.59 Å². The zero-order valence-corrected chi connectivity index (χ0v) is 12.9. The number of ether oxygens (including phenoxy) is 2. The molecule has 0 aromatic rings. The number of fused-ring (bicyclic) bond motifs is 4. The molecule has 0 aromatic carbocycles. The Labute approximate surface area is 132 Å². The molecule has 4 aliphatic rings. The maximum atomic E-state index is 12.2. The topological polar surface area (TPSA) is 134 Å². The summed E-state index contributed by atoms with van der Waals surface area (Å²) in [5, 5.41) is 43.7. The van der Waals surface area contributed by atoms with Gasteiger partial charge in [0, 0.05) is 5.41 Å². The minimum Gasteiger partial charge on any atom is -0.463 e. The van der Waals surface area contributed by atoms with Crippen LogP contribution in [0.25, 0.3) is 0 Å². The second-order valence-electron chi connectivity index (χ2n) is 7.67. The number of carbonyl (C=O) groups excluding carboxylic acids is 2. The van der Waals surface area contributed by atoms with E-state index in [0.717, 1.165) is 0 Å². The predicted octanol–water partition coefficient (Wildman–Crippen LogP) is -1.91. The van der Waals surface area contributed by atoms with Crippen molar-refractivity contribution in [3.8, 4) is 0 Å². The average molecular weight is 328 g/mol. The molecule has 8 heteroatoms. The molecule has 8 nitrogen and oxygen atoms in total. The molecule has 8 unspecified atom stereocenters. The van der Waals surface area contributed by atoms with Crippen LogP contribution >= 0.6 is 0 Å². The molecule has 2 heterocycles. The highest BCUT2D eigenvalue weighted by molar-refractivity contribution is 5.87. The molecule has 0 aromatic heterocycles. The van der Waals surface area contributed by atoms with E-state index in [0.29, 0.717) is 0 Å². The van der Waals surface area contributed by atoms with Crippen molar-refractivity contribution in [3.63, 3.8) is 0 Å². The van der Waals surface area contributed by atoms with Crippen molar-refractivity contribution in [1.82, 2.24) is 0 Å². The van der Waals surface area contributed by atoms with E-state index in [1.807, 2.05) is 0 Å². The molecule has 2 saturated carbocycles. The van der Waals surface area contributed by atoms with Crippen LogP contribution in [-0.2, 0) is 19.1 Å². The minimum atomic E-state index is -2.26. The second kappa shape index (κ2) is 3.88. The third-order valence-electron chi connectivity index (χ3n) is 7.09. The highest BCUT2D eigenvalue weighted by atomic mass is 16.6. The highest BCUT2D eigenvalue weighted by Gasteiger charge is 2.87. The van der Waals surface area contributed by atoms with Crippen molar-refractivity contribution in [3.05, 3.63) is 0 Å². The van der Waals surface area contributed by atoms with E-state index in [9.17, 15) is 30.0 Å². The molecular formula is C15H20O8. The van der Waals surface area contributed by atoms with Crippen molar-refractivity contribution in [2.75, 3.05) is 6.61 Å². The van der Waals surface area contributed by atoms with Crippen LogP contribution in [0, 0.1) is 16.7 Å². The number of esters is 2. The summed E-state index contributed by atoms with van der Waals surface area (Å²) < 4.78 is 10.1. The third-order valence-corrected chi connectivity index (χ3v) is 7.09. The summed E-state index contributed by atoms with van der Waals surface area (Å²) in [7, 11) is 0. The highest BCUT2D eigenvalue weighted by Crippen LogP contribution is 2.71. The predicted molar refractivity (Wildman–Crippen MR) is 71.7 cm³/mol. The van der Waals surface area contributed by atoms with Gasteiger partial charge in [0.1, 0.15) is 18.3 Å². The molecule has 2 aliphatic heterocycles. The number of carbonyl (C=O) groups is 2. The summed E-state index contributed by atoms with van der Waals surface area (Å²) in [6.45, 7) is 2.84. The first-order chi connectivity index (χ1) is 10.6. The molecule has 1 spiro atoms. The van der Waals surface area contributed by atoms with Gasteiger partial charge in [0.2, 0.25) is 5.60 Å². The quantitative estimate of drug-likeness (QED) is 0.379. The first kappa shape index (κ1) is 15.3. The summed E-state index contributed by atoms with van der Waals surface area (Å²) in [6, 6.07) is 0. The smallest absolute Gasteiger partial charge is 0.342 e. The van der Waals surface area contributed by atoms with Gasteiger partial charge in [-0.2, -0.15) is 0 Å². The molecule has 2 aliphatic carbocycles. The molecule has 4 N–H and O–H groups in total. The number of cyclic esters (lactones) is 1. The van der Waals surface area contributed by atoms with E-state index in [4.69, 9.17) is 9.47 Å². The lowest BCUT2D eigenvalue weighted by Crippen LogP contribution is -2.82. The van der Waals surface area contributed by atoms with Crippen LogP contribution in [-0.4, -0.2) is 68.5 Å². The fourth-order valence-corrected chi connectivity index (χ4v) is 5.77. The first-order valence-electron chi connectivity index (χ1n) is 7.76. The number of rotatable bonds is 0. The van der Waals surface area contributed by atoms with Crippen molar-refractivity contribution in [1.29, 1.82) is 0 Å². The largest absolute Gasteiger partial charge is 0.463 e. The van der Waals surface area contributed by atoms with Gasteiger partial charge in [-0.3, -0.25) is 0 Å². The molecular weight excluding hydrogens is 308 g/mol. The molecule has 4 rings (SSSR count). The van der Waals surface area contributed by atoms with Crippen molar-refractivity contribution in [2.45, 2.75) is 56.2 Å². The molecule has 128 valence electrons. The van der Waals surface area contributed by atoms with Crippen LogP contribution in [0.4, 0.5) is 0 Å². The van der Waals surface area contributed by atoms with Crippen LogP contribution in [0.5, 0.6) is 0 Å². The first-order valence-corrected chi connectivity index (χ1v) is 7.76. The van der Waals surface area contributed by atoms with Crippen LogP contribution in [0.1, 0.15) is 26.7 Å². The van der Waals surface area contributed by atoms with E-state index < -0.39 is 58.2 Å². The van der Waals surface area contributed by atoms with Crippen LogP contribution < -0.4 is 0 Å². The number of hydrogen-bond acceptors (Lipinski definition) is 8. The molecule has 0 radical (unpaired) electrons. The molecule has 0 amide bonds. The number of hydrogen-bond donors (Lipinski definition) is 4. The fourth-order valence-electron chi connectivity index (χ4n) is 5.77. The Morgan fingerprint density at radius 2 is 1.87 bits per heavy atom. The standard InChI is InChI=1S/C15H20O8/c1-6-3-7(16)15(21)12(2)5-22-11(19)14(12,20)8-4-13(6,15)9(17)10(18)23-8/h6-9,16-17,20-21H,3-5H2,1-2H3. The zero-order valence-electron chi connectivity index (χ0n) is 12.9. The van der Waals surface area contributed by atoms with Gasteiger partial charge in [-0.1, -0.05) is 6.92 Å². The van der Waals surface area contributed by atoms with E-state index in [1.165, 1.54) is 6.92 Å². The molecule has 4 fully saturated rings. The lowest BCUT2D eigenvalue weighted by molar-refractivity contribution is -0.333. The molecule has 2 saturated heterocycles. The van der Waals surface area contributed by atoms with E-state index in [-0.39, 0.29) is 19.4 Å². The lowest BCUT2D eigenvalue weighted by Gasteiger charge is -2.64. The Morgan fingerprint density at radius 1 is 1.22 bits per heavy atom. The molecule has 23 heavy (non-hydrogen) atoms. The maximum absolute atomic E-state index is 12.2. The van der Waals surface area contributed by atoms with Crippen molar-refractivity contribution < 1.29 is 39.5 Å². The van der Waals surface area contributed by atoms with Crippen LogP contribution in [0.2, 0.25) is 0 Å². The summed E-state index contributed by atoms with van der Waals surface area (Å²) in [4.78, 5) is 24.4. The fraction of sp³-hybridized carbons (Fsp3) is 0.867. The third kappa shape index (κ3) is 1.18.